The molecule has 0 bridgehead atoms. The van der Waals surface area contributed by atoms with E-state index in [0.717, 1.165) is 5.56 Å². The molecule has 1 aromatic carbocycles. The van der Waals surface area contributed by atoms with Gasteiger partial charge in [-0.15, -0.1) is 0 Å². The van der Waals surface area contributed by atoms with Crippen molar-refractivity contribution in [1.82, 2.24) is 9.21 Å². The van der Waals surface area contributed by atoms with Gasteiger partial charge >= 0.3 is 0 Å². The van der Waals surface area contributed by atoms with Crippen LogP contribution in [0.25, 0.3) is 0 Å². The van der Waals surface area contributed by atoms with Gasteiger partial charge in [0.2, 0.25) is 15.9 Å². The summed E-state index contributed by atoms with van der Waals surface area (Å²) in [5.74, 6) is -0.137. The molecule has 1 aromatic rings. The summed E-state index contributed by atoms with van der Waals surface area (Å²) in [7, 11) is -3.58. The molecule has 0 atom stereocenters. The van der Waals surface area contributed by atoms with Crippen LogP contribution in [0.15, 0.2) is 29.2 Å². The second kappa shape index (κ2) is 5.54. The van der Waals surface area contributed by atoms with Crippen molar-refractivity contribution in [2.24, 2.45) is 0 Å². The fourth-order valence-corrected chi connectivity index (χ4v) is 3.83. The first kappa shape index (κ1) is 15.0. The molecule has 5 nitrogen and oxygen atoms in total. The summed E-state index contributed by atoms with van der Waals surface area (Å²) in [6, 6.07) is 6.87. The van der Waals surface area contributed by atoms with Crippen LogP contribution in [0.2, 0.25) is 0 Å². The van der Waals surface area contributed by atoms with Crippen LogP contribution in [-0.2, 0) is 14.8 Å². The Hall–Kier alpha value is -1.40. The number of sulfonamides is 1. The third kappa shape index (κ3) is 2.86. The van der Waals surface area contributed by atoms with E-state index in [9.17, 15) is 13.2 Å². The summed E-state index contributed by atoms with van der Waals surface area (Å²) in [6.45, 7) is 6.43. The maximum atomic E-state index is 12.5. The molecule has 20 heavy (non-hydrogen) atoms. The van der Waals surface area contributed by atoms with Gasteiger partial charge in [0.1, 0.15) is 0 Å². The molecule has 6 heteroatoms. The minimum atomic E-state index is -3.58. The molecule has 1 heterocycles. The van der Waals surface area contributed by atoms with Crippen LogP contribution >= 0.6 is 0 Å². The highest BCUT2D eigenvalue weighted by Gasteiger charge is 2.33. The van der Waals surface area contributed by atoms with Gasteiger partial charge in [0.25, 0.3) is 0 Å². The van der Waals surface area contributed by atoms with Crippen molar-refractivity contribution >= 4 is 15.9 Å². The van der Waals surface area contributed by atoms with Crippen LogP contribution in [0.4, 0.5) is 0 Å². The number of carbonyl (C=O) groups excluding carboxylic acids is 1. The van der Waals surface area contributed by atoms with Crippen molar-refractivity contribution in [3.8, 4) is 0 Å². The molecule has 0 N–H and O–H groups in total. The molecule has 110 valence electrons. The standard InChI is InChI=1S/C14H20N2O3S/c1-11(2)16-8-7-15(10-14(16)17)20(18,19)13-6-4-5-12(3)9-13/h4-6,9,11H,7-8,10H2,1-3H3. The van der Waals surface area contributed by atoms with Crippen molar-refractivity contribution < 1.29 is 13.2 Å². The summed E-state index contributed by atoms with van der Waals surface area (Å²) in [5.41, 5.74) is 0.887. The highest BCUT2D eigenvalue weighted by atomic mass is 32.2. The highest BCUT2D eigenvalue weighted by Crippen LogP contribution is 2.19. The second-order valence-electron chi connectivity index (χ2n) is 5.34. The second-order valence-corrected chi connectivity index (χ2v) is 7.27. The molecule has 1 aliphatic heterocycles. The Morgan fingerprint density at radius 1 is 1.20 bits per heavy atom. The topological polar surface area (TPSA) is 57.7 Å². The fraction of sp³-hybridized carbons (Fsp3) is 0.500. The zero-order chi connectivity index (χ0) is 14.9. The molecule has 0 saturated carbocycles. The lowest BCUT2D eigenvalue weighted by atomic mass is 10.2. The Bertz CT molecular complexity index is 611. The minimum absolute atomic E-state index is 0.0749. The van der Waals surface area contributed by atoms with Crippen molar-refractivity contribution in [3.05, 3.63) is 29.8 Å². The van der Waals surface area contributed by atoms with Crippen molar-refractivity contribution in [3.63, 3.8) is 0 Å². The van der Waals surface area contributed by atoms with Crippen LogP contribution in [-0.4, -0.2) is 49.2 Å². The lowest BCUT2D eigenvalue weighted by molar-refractivity contribution is -0.135. The molecular formula is C14H20N2O3S. The van der Waals surface area contributed by atoms with E-state index in [4.69, 9.17) is 0 Å². The third-order valence-corrected chi connectivity index (χ3v) is 5.31. The van der Waals surface area contributed by atoms with Gasteiger partial charge in [-0.1, -0.05) is 12.1 Å². The Labute approximate surface area is 120 Å². The van der Waals surface area contributed by atoms with E-state index in [2.05, 4.69) is 0 Å². The van der Waals surface area contributed by atoms with Gasteiger partial charge < -0.3 is 4.90 Å². The van der Waals surface area contributed by atoms with Crippen LogP contribution in [0.1, 0.15) is 19.4 Å². The molecule has 0 spiro atoms. The largest absolute Gasteiger partial charge is 0.338 e. The number of nitrogens with zero attached hydrogens (tertiary/aromatic N) is 2. The number of amides is 1. The van der Waals surface area contributed by atoms with E-state index in [1.54, 1.807) is 23.1 Å². The number of rotatable bonds is 3. The van der Waals surface area contributed by atoms with Crippen molar-refractivity contribution in [2.75, 3.05) is 19.6 Å². The maximum absolute atomic E-state index is 12.5. The summed E-state index contributed by atoms with van der Waals surface area (Å²) < 4.78 is 26.3. The zero-order valence-corrected chi connectivity index (χ0v) is 12.9. The van der Waals surface area contributed by atoms with Gasteiger partial charge in [0.15, 0.2) is 0 Å². The van der Waals surface area contributed by atoms with Gasteiger partial charge in [-0.2, -0.15) is 4.31 Å². The lowest BCUT2D eigenvalue weighted by Crippen LogP contribution is -2.54. The first-order chi connectivity index (χ1) is 9.32. The number of aryl methyl sites for hydroxylation is 1. The SMILES string of the molecule is Cc1cccc(S(=O)(=O)N2CCN(C(C)C)C(=O)C2)c1. The van der Waals surface area contributed by atoms with Crippen molar-refractivity contribution in [2.45, 2.75) is 31.7 Å². The van der Waals surface area contributed by atoms with Gasteiger partial charge in [0.05, 0.1) is 11.4 Å². The average molecular weight is 296 g/mol. The zero-order valence-electron chi connectivity index (χ0n) is 12.0. The Morgan fingerprint density at radius 3 is 2.45 bits per heavy atom. The Kier molecular flexibility index (Phi) is 4.15. The predicted molar refractivity (Wildman–Crippen MR) is 76.8 cm³/mol. The molecule has 1 aliphatic rings. The smallest absolute Gasteiger partial charge is 0.243 e. The molecular weight excluding hydrogens is 276 g/mol. The quantitative estimate of drug-likeness (QED) is 0.843. The van der Waals surface area contributed by atoms with Gasteiger partial charge in [-0.25, -0.2) is 8.42 Å². The molecule has 1 amide bonds. The first-order valence-corrected chi connectivity index (χ1v) is 8.12. The highest BCUT2D eigenvalue weighted by molar-refractivity contribution is 7.89. The fourth-order valence-electron chi connectivity index (χ4n) is 2.34. The van der Waals surface area contributed by atoms with E-state index < -0.39 is 10.0 Å². The molecule has 0 radical (unpaired) electrons. The molecule has 1 fully saturated rings. The van der Waals surface area contributed by atoms with E-state index in [1.165, 1.54) is 4.31 Å². The van der Waals surface area contributed by atoms with Crippen LogP contribution in [0, 0.1) is 6.92 Å². The maximum Gasteiger partial charge on any atom is 0.243 e. The number of hydrogen-bond donors (Lipinski definition) is 0. The normalized spacial score (nSPS) is 17.8. The number of carbonyl (C=O) groups is 1. The van der Waals surface area contributed by atoms with Gasteiger partial charge in [0, 0.05) is 19.1 Å². The van der Waals surface area contributed by atoms with Crippen LogP contribution < -0.4 is 0 Å². The predicted octanol–water partition coefficient (Wildman–Crippen LogP) is 1.24. The lowest BCUT2D eigenvalue weighted by Gasteiger charge is -2.36. The van der Waals surface area contributed by atoms with E-state index >= 15 is 0 Å². The third-order valence-electron chi connectivity index (χ3n) is 3.47. The Morgan fingerprint density at radius 2 is 1.90 bits per heavy atom. The number of piperazine rings is 1. The van der Waals surface area contributed by atoms with Crippen LogP contribution in [0.5, 0.6) is 0 Å². The Balaban J connectivity index is 2.23. The van der Waals surface area contributed by atoms with Crippen molar-refractivity contribution in [1.29, 1.82) is 0 Å². The molecule has 0 aromatic heterocycles. The number of hydrogen-bond acceptors (Lipinski definition) is 3. The monoisotopic (exact) mass is 296 g/mol. The van der Waals surface area contributed by atoms with Gasteiger partial charge in [-0.05, 0) is 38.5 Å². The van der Waals surface area contributed by atoms with Gasteiger partial charge in [-0.3, -0.25) is 4.79 Å². The van der Waals surface area contributed by atoms with Crippen LogP contribution in [0.3, 0.4) is 0 Å². The molecule has 2 rings (SSSR count). The molecule has 0 unspecified atom stereocenters. The minimum Gasteiger partial charge on any atom is -0.338 e. The van der Waals surface area contributed by atoms with E-state index in [-0.39, 0.29) is 23.4 Å². The number of benzene rings is 1. The first-order valence-electron chi connectivity index (χ1n) is 6.68. The summed E-state index contributed by atoms with van der Waals surface area (Å²) in [4.78, 5) is 14.0. The summed E-state index contributed by atoms with van der Waals surface area (Å²) in [6.07, 6.45) is 0. The summed E-state index contributed by atoms with van der Waals surface area (Å²) >= 11 is 0. The molecule has 0 aliphatic carbocycles. The van der Waals surface area contributed by atoms with E-state index in [1.807, 2.05) is 26.8 Å². The van der Waals surface area contributed by atoms with E-state index in [0.29, 0.717) is 13.1 Å². The molecule has 1 saturated heterocycles. The summed E-state index contributed by atoms with van der Waals surface area (Å²) in [5, 5.41) is 0. The average Bonchev–Trinajstić information content (AvgIpc) is 2.38.